The molecule has 0 bridgehead atoms. The number of rotatable bonds is 5. The van der Waals surface area contributed by atoms with Crippen molar-refractivity contribution in [2.75, 3.05) is 7.05 Å². The number of hydrogen-bond acceptors (Lipinski definition) is 3. The molecule has 0 fully saturated rings. The molecule has 1 amide bonds. The largest absolute Gasteiger partial charge is 0.507 e. The summed E-state index contributed by atoms with van der Waals surface area (Å²) >= 11 is 0. The van der Waals surface area contributed by atoms with Gasteiger partial charge in [-0.3, -0.25) is 9.78 Å². The van der Waals surface area contributed by atoms with Gasteiger partial charge in [0.25, 0.3) is 0 Å². The van der Waals surface area contributed by atoms with E-state index >= 15 is 0 Å². The van der Waals surface area contributed by atoms with Crippen LogP contribution in [0.25, 0.3) is 0 Å². The van der Waals surface area contributed by atoms with Crippen LogP contribution in [0.5, 0.6) is 5.75 Å². The zero-order valence-electron chi connectivity index (χ0n) is 18.3. The number of carbonyl (C=O) groups is 1. The van der Waals surface area contributed by atoms with Crippen molar-refractivity contribution in [1.29, 1.82) is 0 Å². The van der Waals surface area contributed by atoms with Gasteiger partial charge in [0.15, 0.2) is 0 Å². The molecule has 1 heterocycles. The van der Waals surface area contributed by atoms with Gasteiger partial charge >= 0.3 is 0 Å². The number of aromatic nitrogens is 1. The lowest BCUT2D eigenvalue weighted by atomic mass is 9.78. The van der Waals surface area contributed by atoms with Gasteiger partial charge in [0.2, 0.25) is 5.91 Å². The maximum Gasteiger partial charge on any atom is 0.222 e. The number of aryl methyl sites for hydroxylation is 1. The lowest BCUT2D eigenvalue weighted by Crippen LogP contribution is -2.26. The molecule has 0 aliphatic rings. The van der Waals surface area contributed by atoms with Crippen LogP contribution in [0.4, 0.5) is 0 Å². The molecule has 0 saturated carbocycles. The Morgan fingerprint density at radius 1 is 1.04 bits per heavy atom. The Balaban J connectivity index is 2.18. The first-order valence-corrected chi connectivity index (χ1v) is 9.89. The van der Waals surface area contributed by atoms with Crippen molar-refractivity contribution in [3.8, 4) is 5.75 Å². The van der Waals surface area contributed by atoms with Crippen molar-refractivity contribution >= 4 is 5.91 Å². The van der Waals surface area contributed by atoms with Crippen LogP contribution in [0.2, 0.25) is 0 Å². The lowest BCUT2D eigenvalue weighted by Gasteiger charge is -2.28. The molecule has 4 heteroatoms. The fraction of sp³-hybridized carbons (Fsp3) is 0.500. The van der Waals surface area contributed by atoms with E-state index in [2.05, 4.69) is 58.7 Å². The second-order valence-corrected chi connectivity index (χ2v) is 9.65. The quantitative estimate of drug-likeness (QED) is 0.794. The molecule has 0 aliphatic heterocycles. The zero-order valence-corrected chi connectivity index (χ0v) is 18.3. The van der Waals surface area contributed by atoms with Crippen LogP contribution in [0.1, 0.15) is 70.2 Å². The molecule has 2 aromatic rings. The molecular formula is C24H34N2O2. The Morgan fingerprint density at radius 3 is 2.07 bits per heavy atom. The van der Waals surface area contributed by atoms with E-state index < -0.39 is 0 Å². The molecule has 0 radical (unpaired) electrons. The minimum absolute atomic E-state index is 0.103. The molecule has 1 N–H and O–H groups in total. The molecular weight excluding hydrogens is 348 g/mol. The molecule has 0 atom stereocenters. The topological polar surface area (TPSA) is 53.4 Å². The highest BCUT2D eigenvalue weighted by atomic mass is 16.3. The molecule has 0 spiro atoms. The SMILES string of the molecule is CN(Cc1cccnc1)C(=O)CCc1cc(C(C)(C)C)c(O)c(C(C)(C)C)c1. The molecule has 0 unspecified atom stereocenters. The second-order valence-electron chi connectivity index (χ2n) is 9.65. The first-order chi connectivity index (χ1) is 12.9. The highest BCUT2D eigenvalue weighted by Gasteiger charge is 2.26. The number of hydrogen-bond donors (Lipinski definition) is 1. The average Bonchev–Trinajstić information content (AvgIpc) is 2.59. The summed E-state index contributed by atoms with van der Waals surface area (Å²) in [5.74, 6) is 0.482. The van der Waals surface area contributed by atoms with Crippen LogP contribution in [-0.4, -0.2) is 27.9 Å². The average molecular weight is 383 g/mol. The van der Waals surface area contributed by atoms with Gasteiger partial charge in [0.05, 0.1) is 0 Å². The first kappa shape index (κ1) is 21.9. The standard InChI is InChI=1S/C24H34N2O2/c1-23(2,3)19-13-17(14-20(22(19)28)24(4,5)6)10-11-21(27)26(7)16-18-9-8-12-25-15-18/h8-9,12-15,28H,10-11,16H2,1-7H3. The van der Waals surface area contributed by atoms with Crippen molar-refractivity contribution < 1.29 is 9.90 Å². The second kappa shape index (κ2) is 8.34. The van der Waals surface area contributed by atoms with Gasteiger partial charge < -0.3 is 10.0 Å². The minimum Gasteiger partial charge on any atom is -0.507 e. The Bertz CT molecular complexity index is 780. The summed E-state index contributed by atoms with van der Waals surface area (Å²) in [6.45, 7) is 13.2. The molecule has 1 aromatic carbocycles. The van der Waals surface area contributed by atoms with Gasteiger partial charge in [-0.1, -0.05) is 59.7 Å². The normalized spacial score (nSPS) is 12.1. The fourth-order valence-electron chi connectivity index (χ4n) is 3.28. The summed E-state index contributed by atoms with van der Waals surface area (Å²) in [5.41, 5.74) is 3.66. The number of phenolic OH excluding ortho intramolecular Hbond substituents is 1. The maximum atomic E-state index is 12.6. The van der Waals surface area contributed by atoms with E-state index in [1.807, 2.05) is 19.2 Å². The van der Waals surface area contributed by atoms with Crippen molar-refractivity contribution in [1.82, 2.24) is 9.88 Å². The number of benzene rings is 1. The lowest BCUT2D eigenvalue weighted by molar-refractivity contribution is -0.130. The van der Waals surface area contributed by atoms with Crippen molar-refractivity contribution in [2.45, 2.75) is 71.8 Å². The number of amides is 1. The number of carbonyl (C=O) groups excluding carboxylic acids is 1. The smallest absolute Gasteiger partial charge is 0.222 e. The van der Waals surface area contributed by atoms with Crippen LogP contribution in [0, 0.1) is 0 Å². The fourth-order valence-corrected chi connectivity index (χ4v) is 3.28. The van der Waals surface area contributed by atoms with E-state index in [0.29, 0.717) is 25.1 Å². The molecule has 1 aromatic heterocycles. The third-order valence-electron chi connectivity index (χ3n) is 4.98. The highest BCUT2D eigenvalue weighted by Crippen LogP contribution is 2.40. The summed E-state index contributed by atoms with van der Waals surface area (Å²) in [6.07, 6.45) is 4.61. The summed E-state index contributed by atoms with van der Waals surface area (Å²) in [5, 5.41) is 10.8. The van der Waals surface area contributed by atoms with Crippen molar-refractivity contribution in [3.63, 3.8) is 0 Å². The predicted octanol–water partition coefficient (Wildman–Crippen LogP) is 4.97. The Hall–Kier alpha value is -2.36. The molecule has 28 heavy (non-hydrogen) atoms. The van der Waals surface area contributed by atoms with Gasteiger partial charge in [-0.25, -0.2) is 0 Å². The Labute approximate surface area is 169 Å². The van der Waals surface area contributed by atoms with Crippen molar-refractivity contribution in [2.24, 2.45) is 0 Å². The summed E-state index contributed by atoms with van der Waals surface area (Å²) in [4.78, 5) is 18.5. The molecule has 152 valence electrons. The predicted molar refractivity (Wildman–Crippen MR) is 115 cm³/mol. The van der Waals surface area contributed by atoms with Crippen LogP contribution >= 0.6 is 0 Å². The molecule has 4 nitrogen and oxygen atoms in total. The molecule has 2 rings (SSSR count). The molecule has 0 aliphatic carbocycles. The van der Waals surface area contributed by atoms with Crippen molar-refractivity contribution in [3.05, 3.63) is 58.9 Å². The van der Waals surface area contributed by atoms with Crippen LogP contribution in [0.15, 0.2) is 36.7 Å². The van der Waals surface area contributed by atoms with Crippen LogP contribution in [0.3, 0.4) is 0 Å². The van der Waals surface area contributed by atoms with Gasteiger partial charge in [0.1, 0.15) is 5.75 Å². The third-order valence-corrected chi connectivity index (χ3v) is 4.98. The van der Waals surface area contributed by atoms with E-state index in [9.17, 15) is 9.90 Å². The van der Waals surface area contributed by atoms with Gasteiger partial charge in [-0.05, 0) is 45.6 Å². The third kappa shape index (κ3) is 5.57. The highest BCUT2D eigenvalue weighted by molar-refractivity contribution is 5.76. The maximum absolute atomic E-state index is 12.6. The van der Waals surface area contributed by atoms with Crippen LogP contribution < -0.4 is 0 Å². The van der Waals surface area contributed by atoms with E-state index in [-0.39, 0.29) is 16.7 Å². The summed E-state index contributed by atoms with van der Waals surface area (Å²) in [7, 11) is 1.83. The number of aromatic hydroxyl groups is 1. The van der Waals surface area contributed by atoms with E-state index in [1.165, 1.54) is 0 Å². The monoisotopic (exact) mass is 382 g/mol. The zero-order chi connectivity index (χ0) is 21.1. The van der Waals surface area contributed by atoms with Crippen LogP contribution in [-0.2, 0) is 28.6 Å². The Morgan fingerprint density at radius 2 is 1.61 bits per heavy atom. The Kier molecular flexibility index (Phi) is 6.53. The molecule has 0 saturated heterocycles. The van der Waals surface area contributed by atoms with E-state index in [4.69, 9.17) is 0 Å². The number of phenols is 1. The van der Waals surface area contributed by atoms with E-state index in [0.717, 1.165) is 22.3 Å². The minimum atomic E-state index is -0.165. The van der Waals surface area contributed by atoms with Gasteiger partial charge in [-0.2, -0.15) is 0 Å². The first-order valence-electron chi connectivity index (χ1n) is 9.89. The summed E-state index contributed by atoms with van der Waals surface area (Å²) in [6, 6.07) is 7.96. The number of pyridine rings is 1. The summed E-state index contributed by atoms with van der Waals surface area (Å²) < 4.78 is 0. The van der Waals surface area contributed by atoms with E-state index in [1.54, 1.807) is 17.3 Å². The van der Waals surface area contributed by atoms with Gasteiger partial charge in [0, 0.05) is 32.4 Å². The number of nitrogens with zero attached hydrogens (tertiary/aromatic N) is 2. The van der Waals surface area contributed by atoms with Gasteiger partial charge in [-0.15, -0.1) is 0 Å².